The van der Waals surface area contributed by atoms with Gasteiger partial charge in [0.1, 0.15) is 19.0 Å². The number of ether oxygens (including phenoxy) is 3. The maximum Gasteiger partial charge on any atom is 0.387 e. The minimum atomic E-state index is -2.85. The van der Waals surface area contributed by atoms with E-state index < -0.39 is 6.61 Å². The second-order valence-corrected chi connectivity index (χ2v) is 6.83. The number of thiazole rings is 1. The average molecular weight is 417 g/mol. The van der Waals surface area contributed by atoms with Crippen molar-refractivity contribution in [1.82, 2.24) is 4.68 Å². The predicted molar refractivity (Wildman–Crippen MR) is 106 cm³/mol. The smallest absolute Gasteiger partial charge is 0.387 e. The van der Waals surface area contributed by atoms with Gasteiger partial charge in [0.05, 0.1) is 11.9 Å². The number of halogens is 2. The van der Waals surface area contributed by atoms with Crippen LogP contribution in [-0.2, 0) is 0 Å². The molecule has 0 bridgehead atoms. The molecular formula is C20H17F2N3O3S. The summed E-state index contributed by atoms with van der Waals surface area (Å²) in [6.07, 6.45) is 1.71. The third-order valence-corrected chi connectivity index (χ3v) is 5.05. The van der Waals surface area contributed by atoms with Crippen LogP contribution in [0.1, 0.15) is 5.56 Å². The van der Waals surface area contributed by atoms with Gasteiger partial charge in [-0.05, 0) is 48.0 Å². The summed E-state index contributed by atoms with van der Waals surface area (Å²) >= 11 is 1.43. The number of fused-ring (bicyclic) bond motifs is 1. The zero-order valence-electron chi connectivity index (χ0n) is 15.4. The van der Waals surface area contributed by atoms with Crippen LogP contribution >= 0.6 is 11.3 Å². The monoisotopic (exact) mass is 417 g/mol. The molecule has 1 aliphatic rings. The molecule has 0 saturated heterocycles. The van der Waals surface area contributed by atoms with Crippen molar-refractivity contribution in [3.8, 4) is 28.5 Å². The van der Waals surface area contributed by atoms with E-state index in [4.69, 9.17) is 9.47 Å². The molecule has 6 nitrogen and oxygen atoms in total. The van der Waals surface area contributed by atoms with Crippen molar-refractivity contribution in [3.63, 3.8) is 0 Å². The van der Waals surface area contributed by atoms with Gasteiger partial charge in [0, 0.05) is 18.0 Å². The number of rotatable bonds is 5. The van der Waals surface area contributed by atoms with Crippen LogP contribution in [0.3, 0.4) is 0 Å². The normalized spacial score (nSPS) is 14.0. The van der Waals surface area contributed by atoms with E-state index in [1.807, 2.05) is 23.6 Å². The molecule has 2 heterocycles. The molecule has 0 aliphatic carbocycles. The summed E-state index contributed by atoms with van der Waals surface area (Å²) in [5.41, 5.74) is 2.44. The average Bonchev–Trinajstić information content (AvgIpc) is 3.15. The molecule has 150 valence electrons. The molecule has 3 aromatic rings. The van der Waals surface area contributed by atoms with Crippen LogP contribution in [0.15, 0.2) is 57.9 Å². The summed E-state index contributed by atoms with van der Waals surface area (Å²) in [6, 6.07) is 12.0. The fourth-order valence-electron chi connectivity index (χ4n) is 2.83. The van der Waals surface area contributed by atoms with Crippen LogP contribution in [0.2, 0.25) is 0 Å². The maximum absolute atomic E-state index is 12.4. The third kappa shape index (κ3) is 4.29. The highest BCUT2D eigenvalue weighted by Gasteiger charge is 2.12. The SMILES string of the molecule is CN=c1scc(-c2ccc(OC(F)F)cc2)n1/N=C/c1ccc2c(c1)OCCO2. The van der Waals surface area contributed by atoms with E-state index in [1.54, 1.807) is 30.1 Å². The number of aromatic nitrogens is 1. The molecular weight excluding hydrogens is 400 g/mol. The number of hydrogen-bond donors (Lipinski definition) is 0. The highest BCUT2D eigenvalue weighted by Crippen LogP contribution is 2.30. The van der Waals surface area contributed by atoms with Gasteiger partial charge in [-0.15, -0.1) is 11.3 Å². The molecule has 0 unspecified atom stereocenters. The summed E-state index contributed by atoms with van der Waals surface area (Å²) in [4.78, 5) is 4.95. The van der Waals surface area contributed by atoms with Crippen molar-refractivity contribution in [1.29, 1.82) is 0 Å². The fourth-order valence-corrected chi connectivity index (χ4v) is 3.64. The highest BCUT2D eigenvalue weighted by molar-refractivity contribution is 7.07. The van der Waals surface area contributed by atoms with Gasteiger partial charge in [-0.1, -0.05) is 0 Å². The molecule has 2 aromatic carbocycles. The van der Waals surface area contributed by atoms with Gasteiger partial charge in [-0.3, -0.25) is 4.99 Å². The number of alkyl halides is 2. The maximum atomic E-state index is 12.4. The van der Waals surface area contributed by atoms with Crippen molar-refractivity contribution < 1.29 is 23.0 Å². The van der Waals surface area contributed by atoms with Crippen molar-refractivity contribution >= 4 is 17.6 Å². The topological polar surface area (TPSA) is 57.3 Å². The van der Waals surface area contributed by atoms with Gasteiger partial charge in [0.2, 0.25) is 4.80 Å². The van der Waals surface area contributed by atoms with E-state index in [1.165, 1.54) is 23.5 Å². The van der Waals surface area contributed by atoms with E-state index in [0.717, 1.165) is 16.8 Å². The molecule has 9 heteroatoms. The van der Waals surface area contributed by atoms with E-state index in [9.17, 15) is 8.78 Å². The lowest BCUT2D eigenvalue weighted by Gasteiger charge is -2.18. The third-order valence-electron chi connectivity index (χ3n) is 4.14. The summed E-state index contributed by atoms with van der Waals surface area (Å²) in [7, 11) is 1.69. The zero-order chi connectivity index (χ0) is 20.2. The van der Waals surface area contributed by atoms with Crippen LogP contribution in [0.25, 0.3) is 11.3 Å². The minimum Gasteiger partial charge on any atom is -0.486 e. The van der Waals surface area contributed by atoms with Crippen molar-refractivity contribution in [2.24, 2.45) is 10.1 Å². The predicted octanol–water partition coefficient (Wildman–Crippen LogP) is 4.00. The molecule has 4 rings (SSSR count). The van der Waals surface area contributed by atoms with Gasteiger partial charge in [-0.25, -0.2) is 4.68 Å². The lowest BCUT2D eigenvalue weighted by molar-refractivity contribution is -0.0498. The Morgan fingerprint density at radius 2 is 1.86 bits per heavy atom. The van der Waals surface area contributed by atoms with E-state index in [2.05, 4.69) is 14.8 Å². The highest BCUT2D eigenvalue weighted by atomic mass is 32.1. The Kier molecular flexibility index (Phi) is 5.57. The van der Waals surface area contributed by atoms with Crippen molar-refractivity contribution in [2.75, 3.05) is 20.3 Å². The lowest BCUT2D eigenvalue weighted by atomic mass is 10.2. The van der Waals surface area contributed by atoms with Crippen LogP contribution in [0, 0.1) is 0 Å². The van der Waals surface area contributed by atoms with Gasteiger partial charge in [0.15, 0.2) is 11.5 Å². The molecule has 0 spiro atoms. The summed E-state index contributed by atoms with van der Waals surface area (Å²) < 4.78 is 41.9. The lowest BCUT2D eigenvalue weighted by Crippen LogP contribution is -2.15. The summed E-state index contributed by atoms with van der Waals surface area (Å²) in [5, 5.41) is 6.47. The molecule has 0 radical (unpaired) electrons. The van der Waals surface area contributed by atoms with Gasteiger partial charge < -0.3 is 14.2 Å². The Balaban J connectivity index is 1.64. The van der Waals surface area contributed by atoms with E-state index >= 15 is 0 Å². The van der Waals surface area contributed by atoms with Crippen LogP contribution in [0.5, 0.6) is 17.2 Å². The summed E-state index contributed by atoms with van der Waals surface area (Å²) in [5.74, 6) is 1.50. The zero-order valence-corrected chi connectivity index (χ0v) is 16.2. The van der Waals surface area contributed by atoms with Gasteiger partial charge >= 0.3 is 6.61 Å². The Bertz CT molecular complexity index is 1090. The second kappa shape index (κ2) is 8.44. The van der Waals surface area contributed by atoms with Crippen LogP contribution in [-0.4, -0.2) is 37.8 Å². The fraction of sp³-hybridized carbons (Fsp3) is 0.200. The first-order chi connectivity index (χ1) is 14.1. The van der Waals surface area contributed by atoms with E-state index in [0.29, 0.717) is 29.5 Å². The second-order valence-electron chi connectivity index (χ2n) is 5.99. The standard InChI is InChI=1S/C20H17F2N3O3S/c1-23-20-25(24-11-13-2-7-17-18(10-13)27-9-8-26-17)16(12-29-20)14-3-5-15(6-4-14)28-19(21)22/h2-7,10-12,19H,8-9H2,1H3/b23-20?,24-11+. The molecule has 0 N–H and O–H groups in total. The molecule has 29 heavy (non-hydrogen) atoms. The van der Waals surface area contributed by atoms with Gasteiger partial charge in [-0.2, -0.15) is 13.9 Å². The molecule has 1 aliphatic heterocycles. The largest absolute Gasteiger partial charge is 0.486 e. The van der Waals surface area contributed by atoms with E-state index in [-0.39, 0.29) is 5.75 Å². The number of hydrogen-bond acceptors (Lipinski definition) is 6. The molecule has 0 fully saturated rings. The summed E-state index contributed by atoms with van der Waals surface area (Å²) in [6.45, 7) is -1.80. The first-order valence-electron chi connectivity index (χ1n) is 8.76. The minimum absolute atomic E-state index is 0.103. The number of benzene rings is 2. The van der Waals surface area contributed by atoms with Crippen LogP contribution in [0.4, 0.5) is 8.78 Å². The quantitative estimate of drug-likeness (QED) is 0.590. The van der Waals surface area contributed by atoms with Crippen molar-refractivity contribution in [2.45, 2.75) is 6.61 Å². The van der Waals surface area contributed by atoms with Crippen molar-refractivity contribution in [3.05, 3.63) is 58.2 Å². The Morgan fingerprint density at radius 3 is 2.59 bits per heavy atom. The Labute approximate surface area is 169 Å². The molecule has 0 atom stereocenters. The van der Waals surface area contributed by atoms with Gasteiger partial charge in [0.25, 0.3) is 0 Å². The first kappa shape index (κ1) is 19.1. The molecule has 0 saturated carbocycles. The number of nitrogens with zero attached hydrogens (tertiary/aromatic N) is 3. The van der Waals surface area contributed by atoms with Crippen LogP contribution < -0.4 is 19.0 Å². The molecule has 0 amide bonds. The Hall–Kier alpha value is -3.20. The molecule has 1 aromatic heterocycles. The Morgan fingerprint density at radius 1 is 1.10 bits per heavy atom. The first-order valence-corrected chi connectivity index (χ1v) is 9.64.